The van der Waals surface area contributed by atoms with Crippen LogP contribution in [0.3, 0.4) is 0 Å². The highest BCUT2D eigenvalue weighted by molar-refractivity contribution is 5.82. The highest BCUT2D eigenvalue weighted by atomic mass is 16.6. The second-order valence-electron chi connectivity index (χ2n) is 7.09. The first-order valence-electron chi connectivity index (χ1n) is 9.40. The van der Waals surface area contributed by atoms with Gasteiger partial charge in [-0.2, -0.15) is 0 Å². The molecule has 0 aliphatic carbocycles. The molecule has 1 fully saturated rings. The third-order valence-corrected chi connectivity index (χ3v) is 5.03. The number of aryl methyl sites for hydroxylation is 1. The van der Waals surface area contributed by atoms with Crippen LogP contribution in [0, 0.1) is 6.92 Å². The van der Waals surface area contributed by atoms with Crippen molar-refractivity contribution in [1.82, 2.24) is 9.88 Å². The molecule has 0 bridgehead atoms. The van der Waals surface area contributed by atoms with Gasteiger partial charge in [0, 0.05) is 31.6 Å². The maximum Gasteiger partial charge on any atom is 0.267 e. The number of likely N-dealkylation sites (tertiary alicyclic amines) is 1. The summed E-state index contributed by atoms with van der Waals surface area (Å²) in [5, 5.41) is 0. The molecule has 0 spiro atoms. The van der Waals surface area contributed by atoms with E-state index in [2.05, 4.69) is 4.98 Å². The fraction of sp³-hybridized carbons (Fsp3) is 0.429. The number of nitrogens with zero attached hydrogens (tertiary/aromatic N) is 2. The van der Waals surface area contributed by atoms with Gasteiger partial charge in [-0.3, -0.25) is 9.78 Å². The Labute approximate surface area is 159 Å². The molecule has 2 aliphatic rings. The molecule has 1 amide bonds. The number of hydrogen-bond donors (Lipinski definition) is 0. The van der Waals surface area contributed by atoms with Crippen LogP contribution in [0.15, 0.2) is 42.6 Å². The number of piperidine rings is 1. The van der Waals surface area contributed by atoms with Gasteiger partial charge in [-0.05, 0) is 38.1 Å². The van der Waals surface area contributed by atoms with Gasteiger partial charge in [-0.1, -0.05) is 12.1 Å². The van der Waals surface area contributed by atoms with E-state index in [1.54, 1.807) is 6.20 Å². The summed E-state index contributed by atoms with van der Waals surface area (Å²) in [5.41, 5.74) is 0.966. The van der Waals surface area contributed by atoms with E-state index in [4.69, 9.17) is 14.2 Å². The van der Waals surface area contributed by atoms with Gasteiger partial charge < -0.3 is 19.1 Å². The van der Waals surface area contributed by atoms with E-state index >= 15 is 0 Å². The number of hydrogen-bond acceptors (Lipinski definition) is 5. The molecule has 1 aromatic carbocycles. The van der Waals surface area contributed by atoms with Crippen LogP contribution < -0.4 is 14.2 Å². The predicted octanol–water partition coefficient (Wildman–Crippen LogP) is 2.99. The van der Waals surface area contributed by atoms with E-state index in [-0.39, 0.29) is 18.1 Å². The molecule has 1 aromatic heterocycles. The van der Waals surface area contributed by atoms with Crippen LogP contribution in [-0.2, 0) is 4.79 Å². The lowest BCUT2D eigenvalue weighted by Crippen LogP contribution is -2.53. The molecular weight excluding hydrogens is 344 g/mol. The monoisotopic (exact) mass is 368 g/mol. The summed E-state index contributed by atoms with van der Waals surface area (Å²) >= 11 is 0. The Bertz CT molecular complexity index is 800. The van der Waals surface area contributed by atoms with Crippen molar-refractivity contribution >= 4 is 5.91 Å². The van der Waals surface area contributed by atoms with E-state index in [0.717, 1.165) is 24.3 Å². The Morgan fingerprint density at radius 3 is 2.48 bits per heavy atom. The van der Waals surface area contributed by atoms with Crippen molar-refractivity contribution in [1.29, 1.82) is 0 Å². The molecule has 6 heteroatoms. The molecule has 142 valence electrons. The minimum absolute atomic E-state index is 0.0209. The van der Waals surface area contributed by atoms with Gasteiger partial charge in [0.05, 0.1) is 6.20 Å². The molecule has 2 unspecified atom stereocenters. The van der Waals surface area contributed by atoms with Gasteiger partial charge in [0.25, 0.3) is 5.91 Å². The zero-order chi connectivity index (χ0) is 18.8. The van der Waals surface area contributed by atoms with Gasteiger partial charge in [0.2, 0.25) is 6.10 Å². The van der Waals surface area contributed by atoms with Crippen LogP contribution in [0.1, 0.15) is 25.5 Å². The minimum atomic E-state index is -0.612. The Balaban J connectivity index is 1.34. The number of benzene rings is 1. The second-order valence-corrected chi connectivity index (χ2v) is 7.09. The van der Waals surface area contributed by atoms with Gasteiger partial charge in [-0.15, -0.1) is 0 Å². The molecule has 3 heterocycles. The van der Waals surface area contributed by atoms with Gasteiger partial charge in [0.15, 0.2) is 11.5 Å². The van der Waals surface area contributed by atoms with Crippen LogP contribution in [0.2, 0.25) is 0 Å². The molecule has 0 saturated carbocycles. The van der Waals surface area contributed by atoms with E-state index in [1.807, 2.05) is 55.1 Å². The normalized spacial score (nSPS) is 22.4. The van der Waals surface area contributed by atoms with Crippen LogP contribution >= 0.6 is 0 Å². The largest absolute Gasteiger partial charge is 0.489 e. The molecule has 6 nitrogen and oxygen atoms in total. The number of para-hydroxylation sites is 2. The number of carbonyl (C=O) groups excluding carboxylic acids is 1. The molecule has 27 heavy (non-hydrogen) atoms. The zero-order valence-corrected chi connectivity index (χ0v) is 15.6. The molecule has 0 radical (unpaired) electrons. The SMILES string of the molecule is Cc1ccc(OC2CCN(C(=O)C3Oc4ccccc4OC3C)CC2)cn1. The van der Waals surface area contributed by atoms with E-state index in [0.29, 0.717) is 24.6 Å². The van der Waals surface area contributed by atoms with Gasteiger partial charge in [-0.25, -0.2) is 0 Å². The number of aromatic nitrogens is 1. The maximum atomic E-state index is 12.9. The number of fused-ring (bicyclic) bond motifs is 1. The highest BCUT2D eigenvalue weighted by Gasteiger charge is 2.38. The van der Waals surface area contributed by atoms with E-state index < -0.39 is 6.10 Å². The molecular formula is C21H24N2O4. The van der Waals surface area contributed by atoms with Crippen molar-refractivity contribution in [3.8, 4) is 17.2 Å². The predicted molar refractivity (Wildman–Crippen MR) is 100 cm³/mol. The maximum absolute atomic E-state index is 12.9. The number of pyridine rings is 1. The Kier molecular flexibility index (Phi) is 4.88. The molecule has 2 aliphatic heterocycles. The number of rotatable bonds is 3. The molecule has 2 aromatic rings. The average molecular weight is 368 g/mol. The third-order valence-electron chi connectivity index (χ3n) is 5.03. The first-order valence-corrected chi connectivity index (χ1v) is 9.40. The van der Waals surface area contributed by atoms with Crippen molar-refractivity contribution in [2.24, 2.45) is 0 Å². The van der Waals surface area contributed by atoms with Crippen LogP contribution in [0.4, 0.5) is 0 Å². The van der Waals surface area contributed by atoms with E-state index in [9.17, 15) is 4.79 Å². The average Bonchev–Trinajstić information content (AvgIpc) is 2.69. The lowest BCUT2D eigenvalue weighted by molar-refractivity contribution is -0.146. The number of carbonyl (C=O) groups is 1. The highest BCUT2D eigenvalue weighted by Crippen LogP contribution is 2.34. The summed E-state index contributed by atoms with van der Waals surface area (Å²) in [4.78, 5) is 19.1. The molecule has 0 N–H and O–H groups in total. The summed E-state index contributed by atoms with van der Waals surface area (Å²) in [7, 11) is 0. The summed E-state index contributed by atoms with van der Waals surface area (Å²) in [6, 6.07) is 11.3. The fourth-order valence-electron chi connectivity index (χ4n) is 3.48. The smallest absolute Gasteiger partial charge is 0.267 e. The number of amides is 1. The Morgan fingerprint density at radius 1 is 1.11 bits per heavy atom. The zero-order valence-electron chi connectivity index (χ0n) is 15.6. The first kappa shape index (κ1) is 17.6. The molecule has 1 saturated heterocycles. The Morgan fingerprint density at radius 2 is 1.81 bits per heavy atom. The van der Waals surface area contributed by atoms with Gasteiger partial charge in [0.1, 0.15) is 18.0 Å². The second kappa shape index (κ2) is 7.47. The lowest BCUT2D eigenvalue weighted by Gasteiger charge is -2.37. The van der Waals surface area contributed by atoms with Crippen molar-refractivity contribution in [2.45, 2.75) is 45.0 Å². The summed E-state index contributed by atoms with van der Waals surface area (Å²) in [5.74, 6) is 2.07. The molecule has 4 rings (SSSR count). The Hall–Kier alpha value is -2.76. The quantitative estimate of drug-likeness (QED) is 0.834. The van der Waals surface area contributed by atoms with Crippen molar-refractivity contribution < 1.29 is 19.0 Å². The summed E-state index contributed by atoms with van der Waals surface area (Å²) < 4.78 is 17.8. The van der Waals surface area contributed by atoms with Crippen molar-refractivity contribution in [3.05, 3.63) is 48.3 Å². The lowest BCUT2D eigenvalue weighted by atomic mass is 10.1. The summed E-state index contributed by atoms with van der Waals surface area (Å²) in [6.45, 7) is 5.12. The van der Waals surface area contributed by atoms with Crippen LogP contribution in [0.5, 0.6) is 17.2 Å². The standard InChI is InChI=1S/C21H24N2O4/c1-14-7-8-17(13-22-14)26-16-9-11-23(12-10-16)21(24)20-15(2)25-18-5-3-4-6-19(18)27-20/h3-8,13,15-16,20H,9-12H2,1-2H3. The van der Waals surface area contributed by atoms with Crippen LogP contribution in [0.25, 0.3) is 0 Å². The topological polar surface area (TPSA) is 60.9 Å². The molecule has 2 atom stereocenters. The van der Waals surface area contributed by atoms with Gasteiger partial charge >= 0.3 is 0 Å². The number of ether oxygens (including phenoxy) is 3. The summed E-state index contributed by atoms with van der Waals surface area (Å²) in [6.07, 6.45) is 2.49. The van der Waals surface area contributed by atoms with Crippen LogP contribution in [-0.4, -0.2) is 47.2 Å². The van der Waals surface area contributed by atoms with E-state index in [1.165, 1.54) is 0 Å². The van der Waals surface area contributed by atoms with Crippen molar-refractivity contribution in [3.63, 3.8) is 0 Å². The third kappa shape index (κ3) is 3.84. The fourth-order valence-corrected chi connectivity index (χ4v) is 3.48. The van der Waals surface area contributed by atoms with Crippen molar-refractivity contribution in [2.75, 3.05) is 13.1 Å². The minimum Gasteiger partial charge on any atom is -0.489 e. The first-order chi connectivity index (χ1) is 13.1.